The molecule has 1 amide bonds. The Bertz CT molecular complexity index is 1460. The lowest BCUT2D eigenvalue weighted by molar-refractivity contribution is -0.122. The van der Waals surface area contributed by atoms with Crippen molar-refractivity contribution in [2.24, 2.45) is 0 Å². The molecule has 0 saturated carbocycles. The largest absolute Gasteiger partial charge is 0.495 e. The summed E-state index contributed by atoms with van der Waals surface area (Å²) in [6, 6.07) is 23.1. The van der Waals surface area contributed by atoms with Gasteiger partial charge < -0.3 is 19.4 Å². The quantitative estimate of drug-likeness (QED) is 0.373. The SMILES string of the molecule is COc1ccccc1N1CCN(CC(=O)NCc2cccc3c(=O)c(C)c(-c4ccccc4)oc23)CC1.Cl. The highest BCUT2D eigenvalue weighted by Gasteiger charge is 2.21. The van der Waals surface area contributed by atoms with Gasteiger partial charge in [-0.15, -0.1) is 12.4 Å². The second kappa shape index (κ2) is 12.2. The van der Waals surface area contributed by atoms with Crippen molar-refractivity contribution in [3.05, 3.63) is 94.1 Å². The number of piperazine rings is 1. The highest BCUT2D eigenvalue weighted by atomic mass is 35.5. The van der Waals surface area contributed by atoms with Gasteiger partial charge in [0.1, 0.15) is 17.1 Å². The van der Waals surface area contributed by atoms with Crippen LogP contribution < -0.4 is 20.4 Å². The monoisotopic (exact) mass is 533 g/mol. The Kier molecular flexibility index (Phi) is 8.71. The Morgan fingerprint density at radius 3 is 2.39 bits per heavy atom. The van der Waals surface area contributed by atoms with Crippen molar-refractivity contribution in [1.82, 2.24) is 10.2 Å². The maximum absolute atomic E-state index is 13.1. The van der Waals surface area contributed by atoms with E-state index in [1.54, 1.807) is 20.1 Å². The van der Waals surface area contributed by atoms with Crippen LogP contribution in [0.2, 0.25) is 0 Å². The zero-order chi connectivity index (χ0) is 25.8. The average molecular weight is 534 g/mol. The van der Waals surface area contributed by atoms with E-state index in [1.165, 1.54) is 0 Å². The summed E-state index contributed by atoms with van der Waals surface area (Å²) in [6.07, 6.45) is 0. The van der Waals surface area contributed by atoms with Crippen LogP contribution in [0.5, 0.6) is 5.75 Å². The maximum Gasteiger partial charge on any atom is 0.234 e. The third-order valence-electron chi connectivity index (χ3n) is 6.90. The van der Waals surface area contributed by atoms with Gasteiger partial charge >= 0.3 is 0 Å². The van der Waals surface area contributed by atoms with Crippen LogP contribution >= 0.6 is 12.4 Å². The molecule has 0 unspecified atom stereocenters. The number of rotatable bonds is 7. The molecular weight excluding hydrogens is 502 g/mol. The molecule has 0 bridgehead atoms. The van der Waals surface area contributed by atoms with Gasteiger partial charge in [-0.05, 0) is 25.1 Å². The zero-order valence-corrected chi connectivity index (χ0v) is 22.4. The lowest BCUT2D eigenvalue weighted by atomic mass is 10.0. The lowest BCUT2D eigenvalue weighted by Crippen LogP contribution is -2.49. The topological polar surface area (TPSA) is 75.0 Å². The Morgan fingerprint density at radius 2 is 1.66 bits per heavy atom. The van der Waals surface area contributed by atoms with E-state index in [4.69, 9.17) is 9.15 Å². The van der Waals surface area contributed by atoms with Gasteiger partial charge in [-0.3, -0.25) is 14.5 Å². The molecule has 0 aliphatic carbocycles. The van der Waals surface area contributed by atoms with Gasteiger partial charge in [-0.25, -0.2) is 0 Å². The van der Waals surface area contributed by atoms with E-state index < -0.39 is 0 Å². The van der Waals surface area contributed by atoms with E-state index in [0.717, 1.165) is 48.7 Å². The molecule has 3 aromatic carbocycles. The summed E-state index contributed by atoms with van der Waals surface area (Å²) in [5, 5.41) is 3.54. The number of halogens is 1. The number of hydrogen-bond donors (Lipinski definition) is 1. The molecule has 1 aliphatic heterocycles. The molecule has 1 aromatic heterocycles. The molecule has 198 valence electrons. The molecule has 1 aliphatic rings. The van der Waals surface area contributed by atoms with Crippen molar-refractivity contribution in [2.75, 3.05) is 44.7 Å². The number of para-hydroxylation sites is 3. The van der Waals surface area contributed by atoms with E-state index in [-0.39, 0.29) is 30.3 Å². The summed E-state index contributed by atoms with van der Waals surface area (Å²) in [5.41, 5.74) is 3.75. The van der Waals surface area contributed by atoms with Gasteiger partial charge in [0.2, 0.25) is 5.91 Å². The van der Waals surface area contributed by atoms with E-state index in [0.29, 0.717) is 28.8 Å². The van der Waals surface area contributed by atoms with Gasteiger partial charge in [-0.1, -0.05) is 54.6 Å². The number of hydrogen-bond acceptors (Lipinski definition) is 6. The second-order valence-corrected chi connectivity index (χ2v) is 9.26. The Hall–Kier alpha value is -3.81. The number of ether oxygens (including phenoxy) is 1. The molecule has 38 heavy (non-hydrogen) atoms. The summed E-state index contributed by atoms with van der Waals surface area (Å²) in [7, 11) is 1.68. The summed E-state index contributed by atoms with van der Waals surface area (Å²) < 4.78 is 11.8. The molecule has 7 nitrogen and oxygen atoms in total. The van der Waals surface area contributed by atoms with E-state index in [9.17, 15) is 9.59 Å². The number of carbonyl (C=O) groups is 1. The number of nitrogens with zero attached hydrogens (tertiary/aromatic N) is 2. The molecule has 4 aromatic rings. The normalized spacial score (nSPS) is 13.7. The van der Waals surface area contributed by atoms with Crippen molar-refractivity contribution < 1.29 is 13.9 Å². The third-order valence-corrected chi connectivity index (χ3v) is 6.90. The predicted molar refractivity (Wildman–Crippen MR) is 153 cm³/mol. The van der Waals surface area contributed by atoms with E-state index in [2.05, 4.69) is 21.2 Å². The molecule has 5 rings (SSSR count). The Labute approximate surface area is 228 Å². The highest BCUT2D eigenvalue weighted by Crippen LogP contribution is 2.29. The van der Waals surface area contributed by atoms with Crippen molar-refractivity contribution >= 4 is 35.0 Å². The van der Waals surface area contributed by atoms with Crippen LogP contribution in [0.15, 0.2) is 82.0 Å². The van der Waals surface area contributed by atoms with Gasteiger partial charge in [-0.2, -0.15) is 0 Å². The molecule has 8 heteroatoms. The first-order chi connectivity index (χ1) is 18.0. The summed E-state index contributed by atoms with van der Waals surface area (Å²) in [4.78, 5) is 30.3. The first-order valence-corrected chi connectivity index (χ1v) is 12.5. The number of amides is 1. The first-order valence-electron chi connectivity index (χ1n) is 12.5. The molecule has 1 saturated heterocycles. The number of fused-ring (bicyclic) bond motifs is 1. The fourth-order valence-electron chi connectivity index (χ4n) is 4.86. The van der Waals surface area contributed by atoms with Crippen LogP contribution in [-0.4, -0.2) is 50.6 Å². The summed E-state index contributed by atoms with van der Waals surface area (Å²) in [6.45, 7) is 5.62. The van der Waals surface area contributed by atoms with E-state index in [1.807, 2.05) is 60.7 Å². The summed E-state index contributed by atoms with van der Waals surface area (Å²) >= 11 is 0. The first kappa shape index (κ1) is 27.2. The van der Waals surface area contributed by atoms with Gasteiger partial charge in [0, 0.05) is 49.4 Å². The molecule has 1 fully saturated rings. The second-order valence-electron chi connectivity index (χ2n) is 9.26. The van der Waals surface area contributed by atoms with Crippen LogP contribution in [-0.2, 0) is 11.3 Å². The van der Waals surface area contributed by atoms with Crippen LogP contribution in [0.25, 0.3) is 22.3 Å². The Balaban J connectivity index is 0.00000336. The van der Waals surface area contributed by atoms with Crippen molar-refractivity contribution in [3.63, 3.8) is 0 Å². The molecule has 0 atom stereocenters. The summed E-state index contributed by atoms with van der Waals surface area (Å²) in [5.74, 6) is 1.37. The van der Waals surface area contributed by atoms with Crippen molar-refractivity contribution in [1.29, 1.82) is 0 Å². The molecule has 0 spiro atoms. The van der Waals surface area contributed by atoms with Crippen LogP contribution in [0.1, 0.15) is 11.1 Å². The fraction of sp³-hybridized carbons (Fsp3) is 0.267. The van der Waals surface area contributed by atoms with Crippen LogP contribution in [0, 0.1) is 6.92 Å². The lowest BCUT2D eigenvalue weighted by Gasteiger charge is -2.36. The minimum atomic E-state index is -0.0551. The number of methoxy groups -OCH3 is 1. The number of anilines is 1. The highest BCUT2D eigenvalue weighted by molar-refractivity contribution is 5.85. The maximum atomic E-state index is 13.1. The molecule has 0 radical (unpaired) electrons. The number of carbonyl (C=O) groups excluding carboxylic acids is 1. The third kappa shape index (κ3) is 5.69. The van der Waals surface area contributed by atoms with E-state index >= 15 is 0 Å². The minimum Gasteiger partial charge on any atom is -0.495 e. The van der Waals surface area contributed by atoms with Crippen molar-refractivity contribution in [3.8, 4) is 17.1 Å². The molecule has 1 N–H and O–H groups in total. The van der Waals surface area contributed by atoms with Crippen LogP contribution in [0.3, 0.4) is 0 Å². The fourth-order valence-corrected chi connectivity index (χ4v) is 4.86. The average Bonchev–Trinajstić information content (AvgIpc) is 2.94. The van der Waals surface area contributed by atoms with Crippen molar-refractivity contribution in [2.45, 2.75) is 13.5 Å². The predicted octanol–water partition coefficient (Wildman–Crippen LogP) is 4.64. The zero-order valence-electron chi connectivity index (χ0n) is 21.6. The standard InChI is InChI=1S/C30H31N3O4.ClH/c1-21-28(35)24-12-8-11-23(30(24)37-29(21)22-9-4-3-5-10-22)19-31-27(34)20-32-15-17-33(18-16-32)25-13-6-7-14-26(25)36-2;/h3-14H,15-20H2,1-2H3,(H,31,34);1H. The van der Waals surface area contributed by atoms with Gasteiger partial charge in [0.15, 0.2) is 5.43 Å². The number of nitrogens with one attached hydrogen (secondary N) is 1. The molecule has 2 heterocycles. The Morgan fingerprint density at radius 1 is 0.947 bits per heavy atom. The van der Waals surface area contributed by atoms with Crippen LogP contribution in [0.4, 0.5) is 5.69 Å². The van der Waals surface area contributed by atoms with Gasteiger partial charge in [0.25, 0.3) is 0 Å². The molecular formula is C30H32ClN3O4. The minimum absolute atomic E-state index is 0. The smallest absolute Gasteiger partial charge is 0.234 e. The number of benzene rings is 3. The van der Waals surface area contributed by atoms with Gasteiger partial charge in [0.05, 0.1) is 24.7 Å².